The highest BCUT2D eigenvalue weighted by Gasteiger charge is 2.14. The second kappa shape index (κ2) is 11.1. The van der Waals surface area contributed by atoms with Crippen LogP contribution >= 0.6 is 23.8 Å². The zero-order valence-electron chi connectivity index (χ0n) is 17.7. The van der Waals surface area contributed by atoms with Gasteiger partial charge in [0.15, 0.2) is 5.11 Å². The summed E-state index contributed by atoms with van der Waals surface area (Å²) < 4.78 is 33.1. The smallest absolute Gasteiger partial charge is 0.261 e. The van der Waals surface area contributed by atoms with Crippen LogP contribution in [0.5, 0.6) is 5.75 Å². The van der Waals surface area contributed by atoms with E-state index < -0.39 is 10.0 Å². The molecule has 0 aliphatic heterocycles. The first-order chi connectivity index (χ1) is 15.7. The van der Waals surface area contributed by atoms with Crippen LogP contribution < -0.4 is 20.1 Å². The van der Waals surface area contributed by atoms with Crippen LogP contribution in [0, 0.1) is 0 Å². The number of anilines is 2. The van der Waals surface area contributed by atoms with Crippen LogP contribution in [0.25, 0.3) is 0 Å². The van der Waals surface area contributed by atoms with E-state index in [0.717, 1.165) is 5.56 Å². The molecule has 33 heavy (non-hydrogen) atoms. The number of amides is 1. The summed E-state index contributed by atoms with van der Waals surface area (Å²) in [6.07, 6.45) is 0.146. The van der Waals surface area contributed by atoms with Gasteiger partial charge in [-0.05, 0) is 85.4 Å². The molecule has 0 atom stereocenters. The number of carbonyl (C=O) groups is 1. The van der Waals surface area contributed by atoms with Crippen molar-refractivity contribution in [3.63, 3.8) is 0 Å². The van der Waals surface area contributed by atoms with Gasteiger partial charge in [-0.15, -0.1) is 0 Å². The van der Waals surface area contributed by atoms with Crippen LogP contribution in [0.1, 0.15) is 12.5 Å². The first-order valence-corrected chi connectivity index (χ1v) is 12.2. The number of benzene rings is 3. The third-order valence-corrected chi connectivity index (χ3v) is 6.22. The van der Waals surface area contributed by atoms with Gasteiger partial charge in [-0.1, -0.05) is 23.7 Å². The molecule has 0 spiro atoms. The summed E-state index contributed by atoms with van der Waals surface area (Å²) in [5.74, 6) is 0.376. The highest BCUT2D eigenvalue weighted by molar-refractivity contribution is 7.92. The van der Waals surface area contributed by atoms with Crippen LogP contribution in [0.3, 0.4) is 0 Å². The van der Waals surface area contributed by atoms with Gasteiger partial charge in [0, 0.05) is 16.4 Å². The van der Waals surface area contributed by atoms with Gasteiger partial charge in [-0.25, -0.2) is 8.42 Å². The Kier molecular flexibility index (Phi) is 8.26. The number of hydrogen-bond acceptors (Lipinski definition) is 5. The molecule has 3 aromatic carbocycles. The summed E-state index contributed by atoms with van der Waals surface area (Å²) in [5, 5.41) is 6.16. The summed E-state index contributed by atoms with van der Waals surface area (Å²) in [4.78, 5) is 12.2. The number of sulfonamides is 1. The van der Waals surface area contributed by atoms with Crippen molar-refractivity contribution in [2.75, 3.05) is 16.6 Å². The predicted octanol–water partition coefficient (Wildman–Crippen LogP) is 4.60. The minimum atomic E-state index is -3.77. The Morgan fingerprint density at radius 2 is 1.55 bits per heavy atom. The van der Waals surface area contributed by atoms with E-state index in [2.05, 4.69) is 15.4 Å². The zero-order chi connectivity index (χ0) is 23.8. The van der Waals surface area contributed by atoms with Gasteiger partial charge in [0.05, 0.1) is 17.9 Å². The van der Waals surface area contributed by atoms with Crippen molar-refractivity contribution in [2.45, 2.75) is 18.2 Å². The summed E-state index contributed by atoms with van der Waals surface area (Å²) in [6.45, 7) is 2.40. The van der Waals surface area contributed by atoms with Crippen LogP contribution in [-0.4, -0.2) is 26.0 Å². The number of nitrogens with one attached hydrogen (secondary N) is 3. The van der Waals surface area contributed by atoms with Crippen molar-refractivity contribution in [3.8, 4) is 5.75 Å². The van der Waals surface area contributed by atoms with Gasteiger partial charge in [0.25, 0.3) is 10.0 Å². The van der Waals surface area contributed by atoms with E-state index in [1.165, 1.54) is 12.1 Å². The normalized spacial score (nSPS) is 10.8. The Hall–Kier alpha value is -3.14. The van der Waals surface area contributed by atoms with Gasteiger partial charge in [-0.2, -0.15) is 0 Å². The van der Waals surface area contributed by atoms with Crippen LogP contribution in [0.2, 0.25) is 5.02 Å². The van der Waals surface area contributed by atoms with Crippen LogP contribution in [-0.2, 0) is 21.2 Å². The first-order valence-electron chi connectivity index (χ1n) is 9.96. The molecule has 3 aromatic rings. The second-order valence-electron chi connectivity index (χ2n) is 6.89. The summed E-state index contributed by atoms with van der Waals surface area (Å²) in [5.41, 5.74) is 1.76. The Morgan fingerprint density at radius 1 is 0.939 bits per heavy atom. The quantitative estimate of drug-likeness (QED) is 0.389. The molecule has 0 radical (unpaired) electrons. The average molecular weight is 504 g/mol. The molecule has 7 nitrogen and oxygen atoms in total. The number of carbonyl (C=O) groups excluding carboxylic acids is 1. The molecule has 0 aliphatic carbocycles. The molecule has 0 aliphatic rings. The lowest BCUT2D eigenvalue weighted by molar-refractivity contribution is -0.119. The second-order valence-corrected chi connectivity index (χ2v) is 9.42. The third kappa shape index (κ3) is 7.45. The molecule has 0 unspecified atom stereocenters. The average Bonchev–Trinajstić information content (AvgIpc) is 2.77. The Balaban J connectivity index is 1.55. The van der Waals surface area contributed by atoms with E-state index in [1.807, 2.05) is 6.92 Å². The maximum atomic E-state index is 12.6. The maximum Gasteiger partial charge on any atom is 0.261 e. The van der Waals surface area contributed by atoms with E-state index in [4.69, 9.17) is 28.6 Å². The molecule has 0 saturated heterocycles. The number of ether oxygens (including phenoxy) is 1. The van der Waals surface area contributed by atoms with Crippen LogP contribution in [0.4, 0.5) is 11.4 Å². The number of rotatable bonds is 8. The first kappa shape index (κ1) is 24.5. The lowest BCUT2D eigenvalue weighted by Gasteiger charge is -2.12. The van der Waals surface area contributed by atoms with Crippen molar-refractivity contribution in [1.29, 1.82) is 0 Å². The van der Waals surface area contributed by atoms with E-state index in [1.54, 1.807) is 60.7 Å². The molecule has 0 saturated carbocycles. The predicted molar refractivity (Wildman–Crippen MR) is 134 cm³/mol. The Morgan fingerprint density at radius 3 is 2.15 bits per heavy atom. The van der Waals surface area contributed by atoms with Gasteiger partial charge in [-0.3, -0.25) is 9.52 Å². The lowest BCUT2D eigenvalue weighted by atomic mass is 10.1. The van der Waals surface area contributed by atoms with Gasteiger partial charge < -0.3 is 15.4 Å². The van der Waals surface area contributed by atoms with Crippen molar-refractivity contribution in [2.24, 2.45) is 0 Å². The van der Waals surface area contributed by atoms with E-state index >= 15 is 0 Å². The highest BCUT2D eigenvalue weighted by atomic mass is 35.5. The van der Waals surface area contributed by atoms with E-state index in [9.17, 15) is 13.2 Å². The fourth-order valence-corrected chi connectivity index (χ4v) is 4.25. The summed E-state index contributed by atoms with van der Waals surface area (Å²) >= 11 is 11.0. The van der Waals surface area contributed by atoms with Crippen LogP contribution in [0.15, 0.2) is 77.7 Å². The van der Waals surface area contributed by atoms with Gasteiger partial charge in [0.2, 0.25) is 5.91 Å². The lowest BCUT2D eigenvalue weighted by Crippen LogP contribution is -2.35. The number of hydrogen-bond donors (Lipinski definition) is 3. The van der Waals surface area contributed by atoms with E-state index in [0.29, 0.717) is 28.8 Å². The number of halogens is 1. The monoisotopic (exact) mass is 503 g/mol. The molecule has 172 valence electrons. The van der Waals surface area contributed by atoms with Gasteiger partial charge >= 0.3 is 0 Å². The summed E-state index contributed by atoms with van der Waals surface area (Å²) in [6, 6.07) is 19.6. The minimum Gasteiger partial charge on any atom is -0.494 e. The Bertz CT molecular complexity index is 1210. The van der Waals surface area contributed by atoms with Crippen molar-refractivity contribution in [3.05, 3.63) is 83.4 Å². The third-order valence-electron chi connectivity index (χ3n) is 4.37. The number of thiocarbonyl (C=S) groups is 1. The molecule has 0 bridgehead atoms. The zero-order valence-corrected chi connectivity index (χ0v) is 20.1. The molecule has 3 N–H and O–H groups in total. The standard InChI is InChI=1S/C23H22ClN3O4S2/c1-2-31-20-11-7-19(8-12-20)27-33(29,30)21-13-9-18(10-14-21)25-23(32)26-22(28)15-16-3-5-17(24)6-4-16/h3-14,27H,2,15H2,1H3,(H2,25,26,28,32). The fourth-order valence-electron chi connectivity index (χ4n) is 2.84. The molecule has 3 rings (SSSR count). The Labute approximate surface area is 203 Å². The van der Waals surface area contributed by atoms with E-state index in [-0.39, 0.29) is 22.3 Å². The molecular weight excluding hydrogens is 482 g/mol. The highest BCUT2D eigenvalue weighted by Crippen LogP contribution is 2.21. The van der Waals surface area contributed by atoms with Gasteiger partial charge in [0.1, 0.15) is 5.75 Å². The SMILES string of the molecule is CCOc1ccc(NS(=O)(=O)c2ccc(NC(=S)NC(=O)Cc3ccc(Cl)cc3)cc2)cc1. The summed E-state index contributed by atoms with van der Waals surface area (Å²) in [7, 11) is -3.77. The molecule has 10 heteroatoms. The molecule has 0 fully saturated rings. The molecule has 0 aromatic heterocycles. The molecule has 0 heterocycles. The van der Waals surface area contributed by atoms with Crippen molar-refractivity contribution < 1.29 is 17.9 Å². The molecular formula is C23H22ClN3O4S2. The van der Waals surface area contributed by atoms with Crippen molar-refractivity contribution in [1.82, 2.24) is 5.32 Å². The topological polar surface area (TPSA) is 96.5 Å². The minimum absolute atomic E-state index is 0.0830. The largest absolute Gasteiger partial charge is 0.494 e. The fraction of sp³-hybridized carbons (Fsp3) is 0.130. The molecule has 1 amide bonds. The van der Waals surface area contributed by atoms with Crippen molar-refractivity contribution >= 4 is 56.2 Å². The maximum absolute atomic E-state index is 12.6.